The quantitative estimate of drug-likeness (QED) is 0.821. The molecule has 0 bridgehead atoms. The monoisotopic (exact) mass is 381 g/mol. The highest BCUT2D eigenvalue weighted by atomic mass is 32.2. The first-order chi connectivity index (χ1) is 12.2. The molecule has 1 saturated heterocycles. The molecule has 0 aliphatic carbocycles. The lowest BCUT2D eigenvalue weighted by atomic mass is 10.1. The van der Waals surface area contributed by atoms with Crippen LogP contribution in [0.1, 0.15) is 28.2 Å². The van der Waals surface area contributed by atoms with E-state index in [1.54, 1.807) is 18.0 Å². The maximum absolute atomic E-state index is 13.0. The molecule has 0 radical (unpaired) electrons. The Morgan fingerprint density at radius 2 is 2.15 bits per heavy atom. The first kappa shape index (κ1) is 18.6. The number of aromatic nitrogens is 2. The van der Waals surface area contributed by atoms with Crippen molar-refractivity contribution in [2.75, 3.05) is 33.7 Å². The van der Waals surface area contributed by atoms with E-state index in [9.17, 15) is 13.2 Å². The molecule has 3 heterocycles. The van der Waals surface area contributed by atoms with Gasteiger partial charge in [0.2, 0.25) is 10.0 Å². The minimum atomic E-state index is -3.67. The Labute approximate surface area is 152 Å². The van der Waals surface area contributed by atoms with Crippen LogP contribution in [-0.2, 0) is 17.1 Å². The van der Waals surface area contributed by atoms with E-state index in [2.05, 4.69) is 10.3 Å². The van der Waals surface area contributed by atoms with E-state index in [1.807, 2.05) is 17.8 Å². The van der Waals surface area contributed by atoms with Crippen molar-refractivity contribution in [3.05, 3.63) is 35.8 Å². The van der Waals surface area contributed by atoms with Crippen LogP contribution in [0.5, 0.6) is 0 Å². The second kappa shape index (κ2) is 6.86. The molecule has 0 saturated carbocycles. The van der Waals surface area contributed by atoms with Crippen LogP contribution in [-0.4, -0.2) is 66.8 Å². The molecule has 1 aliphatic heterocycles. The van der Waals surface area contributed by atoms with Gasteiger partial charge in [-0.05, 0) is 6.92 Å². The topological polar surface area (TPSA) is 101 Å². The number of nitrogens with zero attached hydrogens (tertiary/aromatic N) is 4. The average molecular weight is 381 g/mol. The molecule has 9 nitrogen and oxygen atoms in total. The molecular formula is C16H23N5O4S. The van der Waals surface area contributed by atoms with Crippen molar-refractivity contribution in [1.29, 1.82) is 0 Å². The molecule has 1 aliphatic rings. The summed E-state index contributed by atoms with van der Waals surface area (Å²) in [6, 6.07) is 1.06. The third-order valence-electron chi connectivity index (χ3n) is 4.50. The van der Waals surface area contributed by atoms with Gasteiger partial charge in [-0.3, -0.25) is 4.79 Å². The predicted octanol–water partition coefficient (Wildman–Crippen LogP) is 0.359. The summed E-state index contributed by atoms with van der Waals surface area (Å²) in [5, 5.41) is 3.26. The first-order valence-corrected chi connectivity index (χ1v) is 9.69. The number of carbonyl (C=O) groups excluding carboxylic acids is 1. The molecule has 2 aromatic rings. The van der Waals surface area contributed by atoms with Crippen LogP contribution in [0.3, 0.4) is 0 Å². The number of sulfonamides is 1. The van der Waals surface area contributed by atoms with Gasteiger partial charge in [0.1, 0.15) is 22.5 Å². The Kier molecular flexibility index (Phi) is 4.91. The van der Waals surface area contributed by atoms with Gasteiger partial charge in [0.05, 0.1) is 0 Å². The van der Waals surface area contributed by atoms with Crippen LogP contribution in [0.15, 0.2) is 27.8 Å². The molecule has 10 heteroatoms. The van der Waals surface area contributed by atoms with Crippen molar-refractivity contribution in [3.63, 3.8) is 0 Å². The Hall–Kier alpha value is -2.17. The van der Waals surface area contributed by atoms with Gasteiger partial charge < -0.3 is 19.2 Å². The number of piperazine rings is 1. The Morgan fingerprint density at radius 3 is 2.77 bits per heavy atom. The SMILES string of the molecule is Cc1oc(C(=O)N2CCNCC2c2nccn2C)cc1S(=O)(=O)N(C)C. The maximum atomic E-state index is 13.0. The zero-order chi connectivity index (χ0) is 19.1. The van der Waals surface area contributed by atoms with Crippen LogP contribution < -0.4 is 5.32 Å². The van der Waals surface area contributed by atoms with E-state index >= 15 is 0 Å². The van der Waals surface area contributed by atoms with E-state index in [0.29, 0.717) is 19.6 Å². The summed E-state index contributed by atoms with van der Waals surface area (Å²) >= 11 is 0. The van der Waals surface area contributed by atoms with Crippen LogP contribution >= 0.6 is 0 Å². The normalized spacial score (nSPS) is 18.5. The number of imidazole rings is 1. The lowest BCUT2D eigenvalue weighted by Gasteiger charge is -2.35. The Balaban J connectivity index is 1.94. The van der Waals surface area contributed by atoms with Crippen molar-refractivity contribution in [2.24, 2.45) is 7.05 Å². The molecule has 1 N–H and O–H groups in total. The lowest BCUT2D eigenvalue weighted by molar-refractivity contribution is 0.0587. The molecule has 26 heavy (non-hydrogen) atoms. The molecule has 0 spiro atoms. The van der Waals surface area contributed by atoms with Gasteiger partial charge in [0.15, 0.2) is 5.76 Å². The third kappa shape index (κ3) is 3.15. The highest BCUT2D eigenvalue weighted by Crippen LogP contribution is 2.27. The predicted molar refractivity (Wildman–Crippen MR) is 94.2 cm³/mol. The van der Waals surface area contributed by atoms with Crippen molar-refractivity contribution in [1.82, 2.24) is 24.1 Å². The highest BCUT2D eigenvalue weighted by molar-refractivity contribution is 7.89. The summed E-state index contributed by atoms with van der Waals surface area (Å²) in [6.07, 6.45) is 3.51. The van der Waals surface area contributed by atoms with Gasteiger partial charge in [0, 0.05) is 59.2 Å². The third-order valence-corrected chi connectivity index (χ3v) is 6.42. The second-order valence-electron chi connectivity index (χ2n) is 6.43. The van der Waals surface area contributed by atoms with Crippen molar-refractivity contribution in [3.8, 4) is 0 Å². The molecular weight excluding hydrogens is 358 g/mol. The number of carbonyl (C=O) groups is 1. The number of nitrogens with one attached hydrogen (secondary N) is 1. The summed E-state index contributed by atoms with van der Waals surface area (Å²) in [5.74, 6) is 0.632. The first-order valence-electron chi connectivity index (χ1n) is 8.25. The standard InChI is InChI=1S/C16H23N5O4S/c1-11-14(26(23,24)19(2)3)9-13(25-11)16(22)21-8-5-17-10-12(21)15-18-6-7-20(15)4/h6-7,9,12,17H,5,8,10H2,1-4H3. The largest absolute Gasteiger partial charge is 0.455 e. The van der Waals surface area contributed by atoms with E-state index in [-0.39, 0.29) is 28.4 Å². The number of furan rings is 1. The average Bonchev–Trinajstić information content (AvgIpc) is 3.20. The summed E-state index contributed by atoms with van der Waals surface area (Å²) in [5.41, 5.74) is 0. The van der Waals surface area contributed by atoms with E-state index in [1.165, 1.54) is 20.2 Å². The zero-order valence-corrected chi connectivity index (χ0v) is 16.1. The van der Waals surface area contributed by atoms with Crippen molar-refractivity contribution in [2.45, 2.75) is 17.9 Å². The summed E-state index contributed by atoms with van der Waals surface area (Å²) in [7, 11) is 1.08. The van der Waals surface area contributed by atoms with E-state index < -0.39 is 10.0 Å². The van der Waals surface area contributed by atoms with Crippen LogP contribution in [0.25, 0.3) is 0 Å². The van der Waals surface area contributed by atoms with Gasteiger partial charge >= 0.3 is 0 Å². The van der Waals surface area contributed by atoms with Crippen molar-refractivity contribution < 1.29 is 17.6 Å². The fourth-order valence-corrected chi connectivity index (χ4v) is 4.10. The van der Waals surface area contributed by atoms with Gasteiger partial charge in [-0.15, -0.1) is 0 Å². The van der Waals surface area contributed by atoms with Gasteiger partial charge in [-0.25, -0.2) is 17.7 Å². The molecule has 0 aromatic carbocycles. The minimum Gasteiger partial charge on any atom is -0.455 e. The number of hydrogen-bond donors (Lipinski definition) is 1. The fraction of sp³-hybridized carbons (Fsp3) is 0.500. The molecule has 1 atom stereocenters. The molecule has 1 fully saturated rings. The molecule has 1 unspecified atom stereocenters. The molecule has 142 valence electrons. The highest BCUT2D eigenvalue weighted by Gasteiger charge is 2.34. The number of hydrogen-bond acceptors (Lipinski definition) is 6. The lowest BCUT2D eigenvalue weighted by Crippen LogP contribution is -2.49. The van der Waals surface area contributed by atoms with E-state index in [0.717, 1.165) is 10.1 Å². The van der Waals surface area contributed by atoms with Gasteiger partial charge in [-0.2, -0.15) is 0 Å². The molecule has 2 aromatic heterocycles. The Morgan fingerprint density at radius 1 is 1.42 bits per heavy atom. The van der Waals surface area contributed by atoms with Gasteiger partial charge in [-0.1, -0.05) is 0 Å². The minimum absolute atomic E-state index is 0.00882. The summed E-state index contributed by atoms with van der Waals surface area (Å²) < 4.78 is 33.2. The molecule has 3 rings (SSSR count). The summed E-state index contributed by atoms with van der Waals surface area (Å²) in [4.78, 5) is 19.1. The number of rotatable bonds is 4. The Bertz CT molecular complexity index is 915. The van der Waals surface area contributed by atoms with Gasteiger partial charge in [0.25, 0.3) is 5.91 Å². The van der Waals surface area contributed by atoms with E-state index in [4.69, 9.17) is 4.42 Å². The number of amides is 1. The maximum Gasteiger partial charge on any atom is 0.290 e. The van der Waals surface area contributed by atoms with Crippen molar-refractivity contribution >= 4 is 15.9 Å². The molecule has 1 amide bonds. The smallest absolute Gasteiger partial charge is 0.290 e. The van der Waals surface area contributed by atoms with Crippen LogP contribution in [0, 0.1) is 6.92 Å². The second-order valence-corrected chi connectivity index (χ2v) is 8.55. The zero-order valence-electron chi connectivity index (χ0n) is 15.3. The summed E-state index contributed by atoms with van der Waals surface area (Å²) in [6.45, 7) is 3.24. The van der Waals surface area contributed by atoms with Crippen LogP contribution in [0.4, 0.5) is 0 Å². The fourth-order valence-electron chi connectivity index (χ4n) is 3.04. The number of aryl methyl sites for hydroxylation is 2. The van der Waals surface area contributed by atoms with Crippen LogP contribution in [0.2, 0.25) is 0 Å².